The van der Waals surface area contributed by atoms with Crippen LogP contribution in [0.1, 0.15) is 20.2 Å². The Kier molecular flexibility index (Phi) is 5.40. The van der Waals surface area contributed by atoms with Gasteiger partial charge in [-0.25, -0.2) is 4.98 Å². The molecule has 0 saturated carbocycles. The van der Waals surface area contributed by atoms with Crippen LogP contribution in [0, 0.1) is 6.92 Å². The molecule has 0 spiro atoms. The average Bonchev–Trinajstić information content (AvgIpc) is 3.21. The molecule has 130 valence electrons. The van der Waals surface area contributed by atoms with Gasteiger partial charge in [-0.2, -0.15) is 8.78 Å². The first-order valence-corrected chi connectivity index (χ1v) is 9.05. The first-order valence-electron chi connectivity index (χ1n) is 7.35. The third kappa shape index (κ3) is 4.61. The molecular formula is C17H14F2N2O2S2. The fourth-order valence-corrected chi connectivity index (χ4v) is 3.74. The van der Waals surface area contributed by atoms with Crippen molar-refractivity contribution < 1.29 is 18.3 Å². The molecule has 1 N–H and O–H groups in total. The SMILES string of the molecule is Cc1nc(-c2ccc(CNC(=O)c3ccc(OC(F)F)cc3)s2)cs1. The van der Waals surface area contributed by atoms with Crippen LogP contribution in [0.25, 0.3) is 10.6 Å². The Morgan fingerprint density at radius 1 is 1.24 bits per heavy atom. The maximum absolute atomic E-state index is 12.1. The van der Waals surface area contributed by atoms with Crippen LogP contribution in [0.3, 0.4) is 0 Å². The molecule has 1 aromatic carbocycles. The Labute approximate surface area is 151 Å². The van der Waals surface area contributed by atoms with Gasteiger partial charge in [-0.15, -0.1) is 22.7 Å². The number of halogens is 2. The van der Waals surface area contributed by atoms with Gasteiger partial charge in [0, 0.05) is 15.8 Å². The van der Waals surface area contributed by atoms with E-state index < -0.39 is 6.61 Å². The highest BCUT2D eigenvalue weighted by atomic mass is 32.1. The van der Waals surface area contributed by atoms with Gasteiger partial charge in [-0.3, -0.25) is 4.79 Å². The van der Waals surface area contributed by atoms with E-state index in [-0.39, 0.29) is 11.7 Å². The van der Waals surface area contributed by atoms with E-state index in [0.29, 0.717) is 12.1 Å². The number of nitrogens with zero attached hydrogens (tertiary/aromatic N) is 1. The fourth-order valence-electron chi connectivity index (χ4n) is 2.14. The molecule has 8 heteroatoms. The zero-order valence-corrected chi connectivity index (χ0v) is 14.8. The molecule has 3 rings (SSSR count). The smallest absolute Gasteiger partial charge is 0.387 e. The summed E-state index contributed by atoms with van der Waals surface area (Å²) in [4.78, 5) is 18.6. The molecule has 0 fully saturated rings. The summed E-state index contributed by atoms with van der Waals surface area (Å²) in [6.45, 7) is -0.531. The van der Waals surface area contributed by atoms with E-state index in [1.807, 2.05) is 24.4 Å². The molecule has 25 heavy (non-hydrogen) atoms. The van der Waals surface area contributed by atoms with Gasteiger partial charge in [0.05, 0.1) is 22.1 Å². The summed E-state index contributed by atoms with van der Waals surface area (Å²) in [5.41, 5.74) is 1.33. The standard InChI is InChI=1S/C17H14F2N2O2S2/c1-10-21-14(9-24-10)15-7-6-13(25-15)8-20-16(22)11-2-4-12(5-3-11)23-17(18)19/h2-7,9,17H,8H2,1H3,(H,20,22). The number of benzene rings is 1. The molecule has 0 unspecified atom stereocenters. The van der Waals surface area contributed by atoms with Gasteiger partial charge in [-0.05, 0) is 43.3 Å². The predicted molar refractivity (Wildman–Crippen MR) is 94.4 cm³/mol. The number of hydrogen-bond donors (Lipinski definition) is 1. The normalized spacial score (nSPS) is 10.9. The van der Waals surface area contributed by atoms with Crippen molar-refractivity contribution in [2.75, 3.05) is 0 Å². The lowest BCUT2D eigenvalue weighted by Crippen LogP contribution is -2.22. The van der Waals surface area contributed by atoms with Gasteiger partial charge in [0.1, 0.15) is 5.75 Å². The molecule has 2 heterocycles. The van der Waals surface area contributed by atoms with Crippen molar-refractivity contribution in [1.82, 2.24) is 10.3 Å². The van der Waals surface area contributed by atoms with Crippen LogP contribution in [-0.4, -0.2) is 17.5 Å². The number of ether oxygens (including phenoxy) is 1. The summed E-state index contributed by atoms with van der Waals surface area (Å²) in [6, 6.07) is 9.52. The van der Waals surface area contributed by atoms with Crippen LogP contribution in [0.2, 0.25) is 0 Å². The van der Waals surface area contributed by atoms with E-state index in [4.69, 9.17) is 0 Å². The molecular weight excluding hydrogens is 366 g/mol. The van der Waals surface area contributed by atoms with Crippen LogP contribution in [0.15, 0.2) is 41.8 Å². The number of carbonyl (C=O) groups is 1. The zero-order chi connectivity index (χ0) is 17.8. The summed E-state index contributed by atoms with van der Waals surface area (Å²) in [5.74, 6) is -0.254. The van der Waals surface area contributed by atoms with Crippen LogP contribution >= 0.6 is 22.7 Å². The summed E-state index contributed by atoms with van der Waals surface area (Å²) in [5, 5.41) is 5.83. The second-order valence-corrected chi connectivity index (χ2v) is 7.33. The maximum Gasteiger partial charge on any atom is 0.387 e. The highest BCUT2D eigenvalue weighted by Crippen LogP contribution is 2.29. The van der Waals surface area contributed by atoms with Crippen LogP contribution < -0.4 is 10.1 Å². The third-order valence-electron chi connectivity index (χ3n) is 3.30. The van der Waals surface area contributed by atoms with Gasteiger partial charge in [0.15, 0.2) is 0 Å². The zero-order valence-electron chi connectivity index (χ0n) is 13.2. The highest BCUT2D eigenvalue weighted by molar-refractivity contribution is 7.16. The van der Waals surface area contributed by atoms with Gasteiger partial charge in [0.25, 0.3) is 5.91 Å². The molecule has 0 aliphatic rings. The van der Waals surface area contributed by atoms with E-state index in [2.05, 4.69) is 15.0 Å². The number of aryl methyl sites for hydroxylation is 1. The van der Waals surface area contributed by atoms with Crippen LogP contribution in [0.4, 0.5) is 8.78 Å². The summed E-state index contributed by atoms with van der Waals surface area (Å²) in [6.07, 6.45) is 0. The van der Waals surface area contributed by atoms with Gasteiger partial charge in [-0.1, -0.05) is 0 Å². The minimum absolute atomic E-state index is 0.0213. The lowest BCUT2D eigenvalue weighted by molar-refractivity contribution is -0.0498. The summed E-state index contributed by atoms with van der Waals surface area (Å²) < 4.78 is 28.5. The molecule has 1 amide bonds. The number of nitrogens with one attached hydrogen (secondary N) is 1. The average molecular weight is 380 g/mol. The van der Waals surface area contributed by atoms with Crippen molar-refractivity contribution >= 4 is 28.6 Å². The molecule has 0 aliphatic heterocycles. The lowest BCUT2D eigenvalue weighted by atomic mass is 10.2. The first kappa shape index (κ1) is 17.5. The Morgan fingerprint density at radius 3 is 2.64 bits per heavy atom. The molecule has 0 bridgehead atoms. The van der Waals surface area contributed by atoms with Gasteiger partial charge >= 0.3 is 6.61 Å². The van der Waals surface area contributed by atoms with E-state index in [1.165, 1.54) is 24.3 Å². The maximum atomic E-state index is 12.1. The number of thiophene rings is 1. The molecule has 2 aromatic heterocycles. The number of thiazole rings is 1. The Bertz CT molecular complexity index is 860. The molecule has 0 radical (unpaired) electrons. The summed E-state index contributed by atoms with van der Waals surface area (Å²) in [7, 11) is 0. The number of rotatable bonds is 6. The van der Waals surface area contributed by atoms with Crippen LogP contribution in [-0.2, 0) is 6.54 Å². The second-order valence-electron chi connectivity index (χ2n) is 5.10. The molecule has 0 saturated heterocycles. The van der Waals surface area contributed by atoms with Crippen molar-refractivity contribution in [1.29, 1.82) is 0 Å². The third-order valence-corrected chi connectivity index (χ3v) is 5.18. The molecule has 3 aromatic rings. The molecule has 0 atom stereocenters. The second kappa shape index (κ2) is 7.71. The Balaban J connectivity index is 1.58. The van der Waals surface area contributed by atoms with Crippen molar-refractivity contribution in [2.24, 2.45) is 0 Å². The van der Waals surface area contributed by atoms with E-state index >= 15 is 0 Å². The number of aromatic nitrogens is 1. The van der Waals surface area contributed by atoms with E-state index in [0.717, 1.165) is 20.5 Å². The molecule has 4 nitrogen and oxygen atoms in total. The minimum atomic E-state index is -2.88. The van der Waals surface area contributed by atoms with Gasteiger partial charge in [0.2, 0.25) is 0 Å². The number of hydrogen-bond acceptors (Lipinski definition) is 5. The van der Waals surface area contributed by atoms with Gasteiger partial charge < -0.3 is 10.1 Å². The summed E-state index contributed by atoms with van der Waals surface area (Å²) >= 11 is 3.17. The van der Waals surface area contributed by atoms with E-state index in [1.54, 1.807) is 22.7 Å². The highest BCUT2D eigenvalue weighted by Gasteiger charge is 2.10. The Morgan fingerprint density at radius 2 is 2.00 bits per heavy atom. The Hall–Kier alpha value is -2.32. The number of amides is 1. The monoisotopic (exact) mass is 380 g/mol. The lowest BCUT2D eigenvalue weighted by Gasteiger charge is -2.06. The van der Waals surface area contributed by atoms with Crippen LogP contribution in [0.5, 0.6) is 5.75 Å². The molecule has 0 aliphatic carbocycles. The topological polar surface area (TPSA) is 51.2 Å². The predicted octanol–water partition coefficient (Wildman–Crippen LogP) is 4.71. The first-order chi connectivity index (χ1) is 12.0. The minimum Gasteiger partial charge on any atom is -0.435 e. The van der Waals surface area contributed by atoms with Crippen molar-refractivity contribution in [3.05, 3.63) is 57.2 Å². The quantitative estimate of drug-likeness (QED) is 0.674. The van der Waals surface area contributed by atoms with Crippen molar-refractivity contribution in [3.8, 4) is 16.3 Å². The van der Waals surface area contributed by atoms with Crippen molar-refractivity contribution in [2.45, 2.75) is 20.1 Å². The number of carbonyl (C=O) groups excluding carboxylic acids is 1. The van der Waals surface area contributed by atoms with Crippen molar-refractivity contribution in [3.63, 3.8) is 0 Å². The largest absolute Gasteiger partial charge is 0.435 e. The number of alkyl halides is 2. The fraction of sp³-hybridized carbons (Fsp3) is 0.176. The van der Waals surface area contributed by atoms with E-state index in [9.17, 15) is 13.6 Å².